The minimum absolute atomic E-state index is 0.136. The number of rotatable bonds is 11. The zero-order valence-electron chi connectivity index (χ0n) is 22.9. The smallest absolute Gasteiger partial charge is 0.259 e. The van der Waals surface area contributed by atoms with E-state index in [1.807, 2.05) is 26.0 Å². The molecule has 1 aromatic carbocycles. The number of halogens is 2. The number of allylic oxidation sites excluding steroid dienone is 4. The monoisotopic (exact) mass is 539 g/mol. The van der Waals surface area contributed by atoms with E-state index in [0.717, 1.165) is 48.6 Å². The van der Waals surface area contributed by atoms with Gasteiger partial charge in [0.1, 0.15) is 17.5 Å². The van der Waals surface area contributed by atoms with Gasteiger partial charge in [0.05, 0.1) is 18.6 Å². The maximum atomic E-state index is 15.0. The van der Waals surface area contributed by atoms with Crippen molar-refractivity contribution in [2.45, 2.75) is 70.5 Å². The largest absolute Gasteiger partial charge is 0.498 e. The molecule has 0 unspecified atom stereocenters. The van der Waals surface area contributed by atoms with E-state index in [1.165, 1.54) is 18.3 Å². The second kappa shape index (κ2) is 12.8. The van der Waals surface area contributed by atoms with Gasteiger partial charge in [0, 0.05) is 24.1 Å². The summed E-state index contributed by atoms with van der Waals surface area (Å²) >= 11 is 0. The van der Waals surface area contributed by atoms with Crippen molar-refractivity contribution in [3.05, 3.63) is 71.1 Å². The molecule has 3 aliphatic rings. The third-order valence-corrected chi connectivity index (χ3v) is 8.26. The number of nitrogens with two attached hydrogens (primary N) is 1. The Bertz CT molecular complexity index is 1190. The van der Waals surface area contributed by atoms with Crippen molar-refractivity contribution < 1.29 is 23.1 Å². The van der Waals surface area contributed by atoms with Crippen molar-refractivity contribution in [3.63, 3.8) is 0 Å². The highest BCUT2D eigenvalue weighted by Gasteiger charge is 2.31. The zero-order chi connectivity index (χ0) is 28.0. The fraction of sp³-hybridized carbons (Fsp3) is 0.516. The lowest BCUT2D eigenvalue weighted by molar-refractivity contribution is -0.120. The molecule has 6 nitrogen and oxygen atoms in total. The van der Waals surface area contributed by atoms with Crippen LogP contribution in [0.1, 0.15) is 74.7 Å². The Hall–Kier alpha value is -3.22. The van der Waals surface area contributed by atoms with E-state index in [-0.39, 0.29) is 5.56 Å². The summed E-state index contributed by atoms with van der Waals surface area (Å²) < 4.78 is 35.7. The maximum Gasteiger partial charge on any atom is 0.259 e. The van der Waals surface area contributed by atoms with Crippen molar-refractivity contribution in [1.82, 2.24) is 9.80 Å². The van der Waals surface area contributed by atoms with Crippen LogP contribution >= 0.6 is 0 Å². The first-order chi connectivity index (χ1) is 18.7. The zero-order valence-corrected chi connectivity index (χ0v) is 22.9. The van der Waals surface area contributed by atoms with Gasteiger partial charge in [-0.05, 0) is 87.4 Å². The summed E-state index contributed by atoms with van der Waals surface area (Å²) in [6.07, 6.45) is 12.1. The minimum atomic E-state index is -1.07. The molecule has 2 aliphatic heterocycles. The van der Waals surface area contributed by atoms with Crippen LogP contribution in [-0.4, -0.2) is 59.6 Å². The van der Waals surface area contributed by atoms with Gasteiger partial charge in [0.2, 0.25) is 5.91 Å². The summed E-state index contributed by atoms with van der Waals surface area (Å²) in [6, 6.07) is 3.44. The second-order valence-corrected chi connectivity index (χ2v) is 10.8. The number of piperidine rings is 1. The number of carbonyl (C=O) groups excluding carboxylic acids is 2. The van der Waals surface area contributed by atoms with Crippen molar-refractivity contribution in [1.29, 1.82) is 0 Å². The summed E-state index contributed by atoms with van der Waals surface area (Å²) in [6.45, 7) is 6.92. The molecule has 39 heavy (non-hydrogen) atoms. The number of carbonyl (C=O) groups is 2. The van der Waals surface area contributed by atoms with Gasteiger partial charge in [0.15, 0.2) is 0 Å². The molecule has 210 valence electrons. The predicted octanol–water partition coefficient (Wildman–Crippen LogP) is 5.51. The molecule has 0 saturated carbocycles. The van der Waals surface area contributed by atoms with Crippen LogP contribution in [0.4, 0.5) is 8.78 Å². The van der Waals surface area contributed by atoms with E-state index in [0.29, 0.717) is 50.3 Å². The Morgan fingerprint density at radius 3 is 2.51 bits per heavy atom. The van der Waals surface area contributed by atoms with Crippen LogP contribution in [0, 0.1) is 11.7 Å². The highest BCUT2D eigenvalue weighted by Crippen LogP contribution is 2.31. The van der Waals surface area contributed by atoms with Gasteiger partial charge in [0.25, 0.3) is 5.91 Å². The number of ether oxygens (including phenoxy) is 1. The SMILES string of the molecule is CCC(F)(CC)CN1CCC(CCOC2=CC=C(c3ccc(C(=O)N4C=C=C[C@H]4C(N)=O)cc3F)CC2)CC1. The van der Waals surface area contributed by atoms with Crippen LogP contribution in [0.5, 0.6) is 0 Å². The molecule has 2 amide bonds. The van der Waals surface area contributed by atoms with E-state index in [1.54, 1.807) is 12.1 Å². The van der Waals surface area contributed by atoms with E-state index >= 15 is 0 Å². The number of nitrogens with zero attached hydrogens (tertiary/aromatic N) is 2. The van der Waals surface area contributed by atoms with E-state index in [9.17, 15) is 18.4 Å². The van der Waals surface area contributed by atoms with Gasteiger partial charge < -0.3 is 15.4 Å². The average Bonchev–Trinajstić information content (AvgIpc) is 3.45. The molecule has 1 fully saturated rings. The predicted molar refractivity (Wildman–Crippen MR) is 148 cm³/mol. The lowest BCUT2D eigenvalue weighted by Gasteiger charge is -2.36. The molecule has 0 aromatic heterocycles. The number of alkyl halides is 1. The van der Waals surface area contributed by atoms with Crippen molar-refractivity contribution >= 4 is 17.4 Å². The Morgan fingerprint density at radius 1 is 1.15 bits per heavy atom. The number of benzene rings is 1. The molecule has 1 aliphatic carbocycles. The molecule has 1 saturated heterocycles. The van der Waals surface area contributed by atoms with Gasteiger partial charge in [-0.25, -0.2) is 8.78 Å². The second-order valence-electron chi connectivity index (χ2n) is 10.8. The minimum Gasteiger partial charge on any atom is -0.498 e. The van der Waals surface area contributed by atoms with Crippen molar-refractivity contribution in [3.8, 4) is 0 Å². The molecular weight excluding hydrogens is 500 g/mol. The topological polar surface area (TPSA) is 75.9 Å². The van der Waals surface area contributed by atoms with Gasteiger partial charge >= 0.3 is 0 Å². The molecule has 2 heterocycles. The van der Waals surface area contributed by atoms with Gasteiger partial charge in [-0.1, -0.05) is 26.0 Å². The fourth-order valence-electron chi connectivity index (χ4n) is 5.46. The average molecular weight is 540 g/mol. The number of amides is 2. The maximum absolute atomic E-state index is 15.0. The Labute approximate surface area is 229 Å². The number of hydrogen-bond acceptors (Lipinski definition) is 4. The first-order valence-corrected chi connectivity index (χ1v) is 14.0. The molecule has 0 bridgehead atoms. The molecule has 2 N–H and O–H groups in total. The van der Waals surface area contributed by atoms with E-state index in [2.05, 4.69) is 10.6 Å². The Balaban J connectivity index is 1.25. The number of likely N-dealkylation sites (tertiary alicyclic amines) is 1. The van der Waals surface area contributed by atoms with Crippen molar-refractivity contribution in [2.75, 3.05) is 26.2 Å². The molecule has 4 rings (SSSR count). The van der Waals surface area contributed by atoms with Gasteiger partial charge in [-0.2, -0.15) is 0 Å². The highest BCUT2D eigenvalue weighted by atomic mass is 19.1. The lowest BCUT2D eigenvalue weighted by Crippen LogP contribution is -2.43. The Morgan fingerprint density at radius 2 is 1.90 bits per heavy atom. The normalized spacial score (nSPS) is 20.2. The highest BCUT2D eigenvalue weighted by molar-refractivity contribution is 5.99. The molecule has 0 radical (unpaired) electrons. The third kappa shape index (κ3) is 7.06. The van der Waals surface area contributed by atoms with Crippen LogP contribution in [0.15, 0.2) is 54.1 Å². The number of hydrogen-bond donors (Lipinski definition) is 1. The van der Waals surface area contributed by atoms with Crippen LogP contribution in [0.3, 0.4) is 0 Å². The molecule has 8 heteroatoms. The lowest BCUT2D eigenvalue weighted by atomic mass is 9.92. The molecular formula is C31H39F2N3O3. The van der Waals surface area contributed by atoms with E-state index < -0.39 is 29.3 Å². The third-order valence-electron chi connectivity index (χ3n) is 8.26. The van der Waals surface area contributed by atoms with Crippen LogP contribution < -0.4 is 5.73 Å². The Kier molecular flexibility index (Phi) is 9.41. The summed E-state index contributed by atoms with van der Waals surface area (Å²) in [7, 11) is 0. The van der Waals surface area contributed by atoms with Gasteiger partial charge in [-0.15, -0.1) is 5.73 Å². The standard InChI is InChI=1S/C31H39F2N3O3/c1-3-31(33,4-2)21-35-17-13-22(14-18-35)15-19-39-25-10-7-23(8-11-25)26-12-9-24(20-27(26)32)30(38)36-16-5-6-28(36)29(34)37/h6-7,9-10,12,16,20,22,28H,3-4,8,11,13-15,17-19,21H2,1-2H3,(H2,34,37)/t28-/m0/s1. The first kappa shape index (κ1) is 28.8. The van der Waals surface area contributed by atoms with Gasteiger partial charge in [-0.3, -0.25) is 14.5 Å². The number of primary amides is 1. The molecule has 1 aromatic rings. The van der Waals surface area contributed by atoms with E-state index in [4.69, 9.17) is 10.5 Å². The summed E-state index contributed by atoms with van der Waals surface area (Å²) in [5, 5.41) is 0. The quantitative estimate of drug-likeness (QED) is 0.376. The fourth-order valence-corrected chi connectivity index (χ4v) is 5.46. The van der Waals surface area contributed by atoms with Crippen LogP contribution in [0.25, 0.3) is 5.57 Å². The molecule has 1 atom stereocenters. The molecule has 0 spiro atoms. The summed E-state index contributed by atoms with van der Waals surface area (Å²) in [5.41, 5.74) is 8.38. The summed E-state index contributed by atoms with van der Waals surface area (Å²) in [5.74, 6) is -0.197. The van der Waals surface area contributed by atoms with Crippen molar-refractivity contribution in [2.24, 2.45) is 11.7 Å². The van der Waals surface area contributed by atoms with Crippen LogP contribution in [0.2, 0.25) is 0 Å². The summed E-state index contributed by atoms with van der Waals surface area (Å²) in [4.78, 5) is 27.7. The van der Waals surface area contributed by atoms with Crippen LogP contribution in [-0.2, 0) is 9.53 Å². The first-order valence-electron chi connectivity index (χ1n) is 14.0.